The van der Waals surface area contributed by atoms with Crippen molar-refractivity contribution >= 4 is 47.0 Å². The van der Waals surface area contributed by atoms with Crippen LogP contribution in [0.1, 0.15) is 36.6 Å². The highest BCUT2D eigenvalue weighted by atomic mass is 35.5. The van der Waals surface area contributed by atoms with Crippen molar-refractivity contribution < 1.29 is 24.0 Å². The van der Waals surface area contributed by atoms with Crippen molar-refractivity contribution in [1.29, 1.82) is 0 Å². The molecule has 0 aliphatic rings. The molecule has 4 rings (SSSR count). The van der Waals surface area contributed by atoms with Crippen LogP contribution in [0.5, 0.6) is 5.75 Å². The molecule has 0 atom stereocenters. The molecule has 0 aliphatic carbocycles. The molecule has 0 saturated carbocycles. The van der Waals surface area contributed by atoms with Gasteiger partial charge in [-0.3, -0.25) is 19.7 Å². The van der Waals surface area contributed by atoms with Crippen molar-refractivity contribution in [2.75, 3.05) is 5.32 Å². The zero-order valence-electron chi connectivity index (χ0n) is 20.0. The van der Waals surface area contributed by atoms with Gasteiger partial charge >= 0.3 is 5.97 Å². The number of anilines is 1. The largest absolute Gasteiger partial charge is 0.422 e. The monoisotopic (exact) mass is 542 g/mol. The van der Waals surface area contributed by atoms with Crippen molar-refractivity contribution in [1.82, 2.24) is 5.43 Å². The predicted molar refractivity (Wildman–Crippen MR) is 145 cm³/mol. The molecule has 0 aliphatic heterocycles. The first-order valence-corrected chi connectivity index (χ1v) is 11.7. The summed E-state index contributed by atoms with van der Waals surface area (Å²) in [4.78, 5) is 47.5. The van der Waals surface area contributed by atoms with Crippen LogP contribution in [0.3, 0.4) is 0 Å². The molecule has 4 aromatic carbocycles. The molecule has 0 unspecified atom stereocenters. The Bertz CT molecular complexity index is 1550. The minimum atomic E-state index is -0.572. The van der Waals surface area contributed by atoms with Crippen LogP contribution in [0.25, 0.3) is 0 Å². The number of rotatable bonds is 8. The van der Waals surface area contributed by atoms with Crippen LogP contribution in [0.4, 0.5) is 11.4 Å². The second-order valence-corrected chi connectivity index (χ2v) is 8.41. The molecule has 2 amide bonds. The molecule has 194 valence electrons. The lowest BCUT2D eigenvalue weighted by molar-refractivity contribution is -0.384. The summed E-state index contributed by atoms with van der Waals surface area (Å²) in [5.41, 5.74) is 4.02. The van der Waals surface area contributed by atoms with E-state index in [1.165, 1.54) is 54.7 Å². The average molecular weight is 543 g/mol. The third-order valence-electron chi connectivity index (χ3n) is 5.32. The van der Waals surface area contributed by atoms with E-state index in [4.69, 9.17) is 16.3 Å². The second kappa shape index (κ2) is 12.3. The standard InChI is InChI=1S/C28H19ClN4O6/c29-22-11-5-20(6-12-22)28(36)39-25-4-2-1-3-21(25)17-30-32-27(35)19-7-13-23(14-8-19)31-26(34)18-9-15-24(16-10-18)33(37)38/h1-17H,(H,31,34)(H,32,35)/b30-17-. The third-order valence-corrected chi connectivity index (χ3v) is 5.57. The number of non-ortho nitro benzene ring substituents is 1. The Kier molecular flexibility index (Phi) is 8.40. The molecule has 0 radical (unpaired) electrons. The number of ether oxygens (including phenoxy) is 1. The third kappa shape index (κ3) is 7.12. The van der Waals surface area contributed by atoms with Gasteiger partial charge in [-0.05, 0) is 72.8 Å². The van der Waals surface area contributed by atoms with Crippen molar-refractivity contribution in [3.8, 4) is 5.75 Å². The summed E-state index contributed by atoms with van der Waals surface area (Å²) in [5, 5.41) is 17.9. The number of hydrogen-bond donors (Lipinski definition) is 2. The highest BCUT2D eigenvalue weighted by Crippen LogP contribution is 2.19. The maximum Gasteiger partial charge on any atom is 0.343 e. The van der Waals surface area contributed by atoms with E-state index in [2.05, 4.69) is 15.8 Å². The first kappa shape index (κ1) is 26.7. The molecule has 11 heteroatoms. The molecule has 0 saturated heterocycles. The topological polar surface area (TPSA) is 140 Å². The van der Waals surface area contributed by atoms with E-state index < -0.39 is 22.7 Å². The maximum atomic E-state index is 12.5. The number of amides is 2. The Morgan fingerprint density at radius 3 is 2.05 bits per heavy atom. The summed E-state index contributed by atoms with van der Waals surface area (Å²) < 4.78 is 5.46. The highest BCUT2D eigenvalue weighted by Gasteiger charge is 2.12. The minimum Gasteiger partial charge on any atom is -0.422 e. The van der Waals surface area contributed by atoms with Gasteiger partial charge in [-0.25, -0.2) is 10.2 Å². The fraction of sp³-hybridized carbons (Fsp3) is 0. The Labute approximate surface area is 227 Å². The SMILES string of the molecule is O=C(N/N=C\c1ccccc1OC(=O)c1ccc(Cl)cc1)c1ccc(NC(=O)c2ccc([N+](=O)[O-])cc2)cc1. The number of carbonyl (C=O) groups is 3. The lowest BCUT2D eigenvalue weighted by Gasteiger charge is -2.08. The fourth-order valence-corrected chi connectivity index (χ4v) is 3.42. The fourth-order valence-electron chi connectivity index (χ4n) is 3.29. The first-order chi connectivity index (χ1) is 18.8. The number of halogens is 1. The molecule has 2 N–H and O–H groups in total. The van der Waals surface area contributed by atoms with Gasteiger partial charge in [0.1, 0.15) is 5.75 Å². The molecule has 0 fully saturated rings. The van der Waals surface area contributed by atoms with E-state index in [9.17, 15) is 24.5 Å². The van der Waals surface area contributed by atoms with Crippen molar-refractivity contribution in [2.24, 2.45) is 5.10 Å². The Hall–Kier alpha value is -5.35. The Morgan fingerprint density at radius 1 is 0.795 bits per heavy atom. The van der Waals surface area contributed by atoms with E-state index in [-0.39, 0.29) is 22.6 Å². The number of carbonyl (C=O) groups excluding carboxylic acids is 3. The van der Waals surface area contributed by atoms with Crippen LogP contribution in [0.15, 0.2) is 102 Å². The van der Waals surface area contributed by atoms with Crippen LogP contribution in [0, 0.1) is 10.1 Å². The lowest BCUT2D eigenvalue weighted by atomic mass is 10.1. The maximum absolute atomic E-state index is 12.5. The van der Waals surface area contributed by atoms with Crippen LogP contribution in [-0.2, 0) is 0 Å². The zero-order chi connectivity index (χ0) is 27.8. The van der Waals surface area contributed by atoms with Gasteiger partial charge in [0.25, 0.3) is 17.5 Å². The summed E-state index contributed by atoms with van der Waals surface area (Å²) in [6.45, 7) is 0. The van der Waals surface area contributed by atoms with Crippen LogP contribution >= 0.6 is 11.6 Å². The van der Waals surface area contributed by atoms with E-state index in [1.807, 2.05) is 0 Å². The second-order valence-electron chi connectivity index (χ2n) is 7.97. The van der Waals surface area contributed by atoms with Gasteiger partial charge in [-0.15, -0.1) is 0 Å². The lowest BCUT2D eigenvalue weighted by Crippen LogP contribution is -2.18. The van der Waals surface area contributed by atoms with Gasteiger partial charge < -0.3 is 10.1 Å². The number of nitro benzene ring substituents is 1. The van der Waals surface area contributed by atoms with Crippen LogP contribution in [0.2, 0.25) is 5.02 Å². The van der Waals surface area contributed by atoms with Gasteiger partial charge in [-0.1, -0.05) is 23.7 Å². The van der Waals surface area contributed by atoms with E-state index in [0.717, 1.165) is 0 Å². The molecule has 0 heterocycles. The van der Waals surface area contributed by atoms with Gasteiger partial charge in [0.05, 0.1) is 16.7 Å². The number of nitrogens with one attached hydrogen (secondary N) is 2. The van der Waals surface area contributed by atoms with Gasteiger partial charge in [0, 0.05) is 39.5 Å². The highest BCUT2D eigenvalue weighted by molar-refractivity contribution is 6.30. The quantitative estimate of drug-likeness (QED) is 0.0992. The number of nitro groups is 1. The number of para-hydroxylation sites is 1. The number of hydrazone groups is 1. The molecular weight excluding hydrogens is 524 g/mol. The normalized spacial score (nSPS) is 10.6. The molecule has 0 spiro atoms. The summed E-state index contributed by atoms with van der Waals surface area (Å²) in [6.07, 6.45) is 1.35. The van der Waals surface area contributed by atoms with Crippen molar-refractivity contribution in [3.63, 3.8) is 0 Å². The van der Waals surface area contributed by atoms with Crippen molar-refractivity contribution in [2.45, 2.75) is 0 Å². The summed E-state index contributed by atoms with van der Waals surface area (Å²) >= 11 is 5.85. The van der Waals surface area contributed by atoms with Crippen LogP contribution < -0.4 is 15.5 Å². The number of nitrogens with zero attached hydrogens (tertiary/aromatic N) is 2. The first-order valence-electron chi connectivity index (χ1n) is 11.4. The molecule has 4 aromatic rings. The Balaban J connectivity index is 1.34. The van der Waals surface area contributed by atoms with E-state index >= 15 is 0 Å². The van der Waals surface area contributed by atoms with Crippen molar-refractivity contribution in [3.05, 3.63) is 134 Å². The smallest absolute Gasteiger partial charge is 0.343 e. The molecule has 0 bridgehead atoms. The van der Waals surface area contributed by atoms with Crippen LogP contribution in [-0.4, -0.2) is 28.9 Å². The van der Waals surface area contributed by atoms with E-state index in [0.29, 0.717) is 21.8 Å². The predicted octanol–water partition coefficient (Wildman–Crippen LogP) is 5.48. The Morgan fingerprint density at radius 2 is 1.38 bits per heavy atom. The average Bonchev–Trinajstić information content (AvgIpc) is 2.94. The van der Waals surface area contributed by atoms with Gasteiger partial charge in [-0.2, -0.15) is 5.10 Å². The van der Waals surface area contributed by atoms with Gasteiger partial charge in [0.2, 0.25) is 0 Å². The number of esters is 1. The molecule has 0 aromatic heterocycles. The summed E-state index contributed by atoms with van der Waals surface area (Å²) in [7, 11) is 0. The zero-order valence-corrected chi connectivity index (χ0v) is 20.8. The molecule has 39 heavy (non-hydrogen) atoms. The summed E-state index contributed by atoms with van der Waals surface area (Å²) in [6, 6.07) is 24.2. The number of hydrogen-bond acceptors (Lipinski definition) is 7. The molecule has 10 nitrogen and oxygen atoms in total. The van der Waals surface area contributed by atoms with E-state index in [1.54, 1.807) is 48.5 Å². The molecular formula is C28H19ClN4O6. The van der Waals surface area contributed by atoms with Gasteiger partial charge in [0.15, 0.2) is 0 Å². The summed E-state index contributed by atoms with van der Waals surface area (Å²) in [5.74, 6) is -1.28. The number of benzene rings is 4. The minimum absolute atomic E-state index is 0.119.